The Hall–Kier alpha value is -0.870. The van der Waals surface area contributed by atoms with Gasteiger partial charge in [0.15, 0.2) is 9.84 Å². The van der Waals surface area contributed by atoms with Crippen molar-refractivity contribution in [1.29, 1.82) is 0 Å². The van der Waals surface area contributed by atoms with E-state index in [1.165, 1.54) is 11.1 Å². The Labute approximate surface area is 115 Å². The molecule has 2 unspecified atom stereocenters. The molecule has 0 aromatic heterocycles. The molecule has 0 saturated carbocycles. The first-order valence-corrected chi connectivity index (χ1v) is 8.71. The van der Waals surface area contributed by atoms with Crippen molar-refractivity contribution in [2.24, 2.45) is 0 Å². The van der Waals surface area contributed by atoms with Crippen LogP contribution >= 0.6 is 0 Å². The van der Waals surface area contributed by atoms with Gasteiger partial charge in [0.05, 0.1) is 16.2 Å². The predicted octanol–water partition coefficient (Wildman–Crippen LogP) is 2.39. The van der Waals surface area contributed by atoms with Crippen LogP contribution < -0.4 is 5.32 Å². The van der Waals surface area contributed by atoms with Crippen molar-refractivity contribution >= 4 is 9.84 Å². The second kappa shape index (κ2) is 4.60. The molecule has 0 saturated heterocycles. The summed E-state index contributed by atoms with van der Waals surface area (Å²) in [6.45, 7) is 2.05. The highest BCUT2D eigenvalue weighted by molar-refractivity contribution is 7.92. The zero-order valence-corrected chi connectivity index (χ0v) is 12.4. The van der Waals surface area contributed by atoms with Crippen LogP contribution in [0.2, 0.25) is 0 Å². The summed E-state index contributed by atoms with van der Waals surface area (Å²) in [5.41, 5.74) is 3.60. The van der Waals surface area contributed by atoms with Crippen LogP contribution in [-0.4, -0.2) is 20.7 Å². The topological polar surface area (TPSA) is 46.2 Å². The molecule has 1 aliphatic carbocycles. The molecule has 1 aliphatic heterocycles. The first-order chi connectivity index (χ1) is 9.09. The Morgan fingerprint density at radius 3 is 2.58 bits per heavy atom. The molecule has 0 radical (unpaired) electrons. The van der Waals surface area contributed by atoms with Crippen molar-refractivity contribution in [3.05, 3.63) is 28.8 Å². The SMILES string of the molecule is CCCC1C(NC)c2cc3c(cc2S1(=O)=O)CCC3. The van der Waals surface area contributed by atoms with Crippen LogP contribution in [0.5, 0.6) is 0 Å². The normalized spacial score (nSPS) is 27.3. The standard InChI is InChI=1S/C15H21NO2S/c1-3-5-13-15(16-2)12-8-10-6-4-7-11(10)9-14(12)19(13,17)18/h8-9,13,15-16H,3-7H2,1-2H3. The van der Waals surface area contributed by atoms with E-state index in [4.69, 9.17) is 0 Å². The summed E-state index contributed by atoms with van der Waals surface area (Å²) < 4.78 is 25.4. The Morgan fingerprint density at radius 1 is 1.26 bits per heavy atom. The van der Waals surface area contributed by atoms with Crippen molar-refractivity contribution in [3.63, 3.8) is 0 Å². The predicted molar refractivity (Wildman–Crippen MR) is 76.1 cm³/mol. The smallest absolute Gasteiger partial charge is 0.183 e. The second-order valence-electron chi connectivity index (χ2n) is 5.65. The van der Waals surface area contributed by atoms with Gasteiger partial charge in [-0.25, -0.2) is 8.42 Å². The van der Waals surface area contributed by atoms with Crippen molar-refractivity contribution in [3.8, 4) is 0 Å². The summed E-state index contributed by atoms with van der Waals surface area (Å²) >= 11 is 0. The minimum atomic E-state index is -3.15. The highest BCUT2D eigenvalue weighted by Crippen LogP contribution is 2.43. The van der Waals surface area contributed by atoms with Gasteiger partial charge in [-0.05, 0) is 55.5 Å². The van der Waals surface area contributed by atoms with Gasteiger partial charge in [-0.2, -0.15) is 0 Å². The van der Waals surface area contributed by atoms with Crippen LogP contribution in [0.25, 0.3) is 0 Å². The second-order valence-corrected chi connectivity index (χ2v) is 7.79. The van der Waals surface area contributed by atoms with Crippen molar-refractivity contribution < 1.29 is 8.42 Å². The zero-order chi connectivity index (χ0) is 13.6. The van der Waals surface area contributed by atoms with E-state index in [1.807, 2.05) is 20.0 Å². The Morgan fingerprint density at radius 2 is 1.95 bits per heavy atom. The zero-order valence-electron chi connectivity index (χ0n) is 11.6. The van der Waals surface area contributed by atoms with Gasteiger partial charge < -0.3 is 5.32 Å². The summed E-state index contributed by atoms with van der Waals surface area (Å²) in [7, 11) is -1.29. The first-order valence-electron chi connectivity index (χ1n) is 7.16. The molecule has 1 aromatic carbocycles. The van der Waals surface area contributed by atoms with E-state index >= 15 is 0 Å². The van der Waals surface area contributed by atoms with E-state index in [9.17, 15) is 8.42 Å². The molecule has 1 heterocycles. The molecule has 2 aliphatic rings. The number of sulfone groups is 1. The van der Waals surface area contributed by atoms with E-state index in [1.54, 1.807) is 0 Å². The van der Waals surface area contributed by atoms with Crippen LogP contribution in [0.15, 0.2) is 17.0 Å². The Kier molecular flexibility index (Phi) is 3.18. The summed E-state index contributed by atoms with van der Waals surface area (Å²) in [6, 6.07) is 4.06. The number of benzene rings is 1. The third-order valence-electron chi connectivity index (χ3n) is 4.52. The number of fused-ring (bicyclic) bond motifs is 2. The lowest BCUT2D eigenvalue weighted by Crippen LogP contribution is -2.29. The van der Waals surface area contributed by atoms with Crippen LogP contribution in [0.1, 0.15) is 48.9 Å². The van der Waals surface area contributed by atoms with Crippen LogP contribution in [0.3, 0.4) is 0 Å². The third-order valence-corrected chi connectivity index (χ3v) is 6.79. The van der Waals surface area contributed by atoms with Crippen molar-refractivity contribution in [2.75, 3.05) is 7.05 Å². The van der Waals surface area contributed by atoms with E-state index in [0.717, 1.165) is 37.7 Å². The highest BCUT2D eigenvalue weighted by Gasteiger charge is 2.44. The molecule has 3 nitrogen and oxygen atoms in total. The van der Waals surface area contributed by atoms with Gasteiger partial charge >= 0.3 is 0 Å². The van der Waals surface area contributed by atoms with E-state index in [-0.39, 0.29) is 11.3 Å². The van der Waals surface area contributed by atoms with E-state index in [2.05, 4.69) is 11.4 Å². The summed E-state index contributed by atoms with van der Waals surface area (Å²) in [5.74, 6) is 0. The lowest BCUT2D eigenvalue weighted by Gasteiger charge is -2.17. The van der Waals surface area contributed by atoms with Crippen molar-refractivity contribution in [2.45, 2.75) is 55.2 Å². The van der Waals surface area contributed by atoms with Crippen LogP contribution in [-0.2, 0) is 22.7 Å². The average molecular weight is 279 g/mol. The molecule has 1 aromatic rings. The van der Waals surface area contributed by atoms with Crippen molar-refractivity contribution in [1.82, 2.24) is 5.32 Å². The average Bonchev–Trinajstić information content (AvgIpc) is 2.91. The molecule has 2 atom stereocenters. The molecule has 19 heavy (non-hydrogen) atoms. The lowest BCUT2D eigenvalue weighted by molar-refractivity contribution is 0.513. The molecule has 0 amide bonds. The summed E-state index contributed by atoms with van der Waals surface area (Å²) in [6.07, 6.45) is 4.90. The third kappa shape index (κ3) is 1.84. The molecule has 0 spiro atoms. The maximum absolute atomic E-state index is 12.7. The van der Waals surface area contributed by atoms with Gasteiger partial charge in [0.2, 0.25) is 0 Å². The van der Waals surface area contributed by atoms with E-state index in [0.29, 0.717) is 4.90 Å². The fraction of sp³-hybridized carbons (Fsp3) is 0.600. The quantitative estimate of drug-likeness (QED) is 0.924. The summed E-state index contributed by atoms with van der Waals surface area (Å²) in [4.78, 5) is 0.589. The molecule has 4 heteroatoms. The minimum absolute atomic E-state index is 0.0363. The number of rotatable bonds is 3. The fourth-order valence-electron chi connectivity index (χ4n) is 3.60. The largest absolute Gasteiger partial charge is 0.312 e. The monoisotopic (exact) mass is 279 g/mol. The Bertz CT molecular complexity index is 607. The fourth-order valence-corrected chi connectivity index (χ4v) is 5.93. The van der Waals surface area contributed by atoms with Gasteiger partial charge in [0.25, 0.3) is 0 Å². The molecular weight excluding hydrogens is 258 g/mol. The maximum Gasteiger partial charge on any atom is 0.183 e. The van der Waals surface area contributed by atoms with Crippen LogP contribution in [0, 0.1) is 0 Å². The lowest BCUT2D eigenvalue weighted by atomic mass is 9.97. The van der Waals surface area contributed by atoms with Gasteiger partial charge in [0, 0.05) is 0 Å². The van der Waals surface area contributed by atoms with Gasteiger partial charge in [-0.1, -0.05) is 19.4 Å². The molecular formula is C15H21NO2S. The molecule has 3 rings (SSSR count). The number of aryl methyl sites for hydroxylation is 2. The molecule has 104 valence electrons. The van der Waals surface area contributed by atoms with Gasteiger partial charge in [-0.15, -0.1) is 0 Å². The van der Waals surface area contributed by atoms with Crippen LogP contribution in [0.4, 0.5) is 0 Å². The highest BCUT2D eigenvalue weighted by atomic mass is 32.2. The molecule has 0 bridgehead atoms. The number of nitrogens with one attached hydrogen (secondary N) is 1. The molecule has 1 N–H and O–H groups in total. The minimum Gasteiger partial charge on any atom is -0.312 e. The van der Waals surface area contributed by atoms with Gasteiger partial charge in [-0.3, -0.25) is 0 Å². The molecule has 0 fully saturated rings. The first kappa shape index (κ1) is 13.1. The van der Waals surface area contributed by atoms with Gasteiger partial charge in [0.1, 0.15) is 0 Å². The number of hydrogen-bond acceptors (Lipinski definition) is 3. The maximum atomic E-state index is 12.7. The number of hydrogen-bond donors (Lipinski definition) is 1. The summed E-state index contributed by atoms with van der Waals surface area (Å²) in [5, 5.41) is 2.93. The van der Waals surface area contributed by atoms with E-state index < -0.39 is 9.84 Å². The Balaban J connectivity index is 2.17.